The first-order valence-corrected chi connectivity index (χ1v) is 9.79. The molecule has 0 aliphatic rings. The number of phenols is 1. The van der Waals surface area contributed by atoms with Gasteiger partial charge in [0, 0.05) is 13.1 Å². The first-order chi connectivity index (χ1) is 12.7. The fourth-order valence-electron chi connectivity index (χ4n) is 2.54. The number of nitrogens with one attached hydrogen (secondary N) is 2. The van der Waals surface area contributed by atoms with Crippen LogP contribution in [0.25, 0.3) is 0 Å². The Hall–Kier alpha value is -1.94. The summed E-state index contributed by atoms with van der Waals surface area (Å²) in [6.45, 7) is 3.93. The lowest BCUT2D eigenvalue weighted by Crippen LogP contribution is -2.38. The van der Waals surface area contributed by atoms with Crippen molar-refractivity contribution in [3.8, 4) is 5.75 Å². The van der Waals surface area contributed by atoms with Gasteiger partial charge in [0.1, 0.15) is 16.3 Å². The molecule has 27 heavy (non-hydrogen) atoms. The Morgan fingerprint density at radius 2 is 1.93 bits per heavy atom. The van der Waals surface area contributed by atoms with Crippen LogP contribution < -0.4 is 21.5 Å². The highest BCUT2D eigenvalue weighted by molar-refractivity contribution is 7.82. The number of hydroxylamine groups is 1. The summed E-state index contributed by atoms with van der Waals surface area (Å²) in [5.74, 6) is -0.398. The average Bonchev–Trinajstić information content (AvgIpc) is 2.65. The van der Waals surface area contributed by atoms with Crippen LogP contribution in [0, 0.1) is 0 Å². The summed E-state index contributed by atoms with van der Waals surface area (Å²) in [4.78, 5) is 28.6. The molecule has 0 bridgehead atoms. The molecular weight excluding hydrogens is 394 g/mol. The normalized spacial score (nSPS) is 13.7. The second-order valence-electron chi connectivity index (χ2n) is 6.01. The average molecular weight is 416 g/mol. The summed E-state index contributed by atoms with van der Waals surface area (Å²) in [5, 5.41) is 16.3. The Bertz CT molecular complexity index is 926. The monoisotopic (exact) mass is 415 g/mol. The van der Waals surface area contributed by atoms with Crippen molar-refractivity contribution in [2.75, 3.05) is 24.8 Å². The van der Waals surface area contributed by atoms with Crippen molar-refractivity contribution >= 4 is 39.6 Å². The molecule has 0 heterocycles. The number of hydrogen-bond donors (Lipinski definition) is 3. The van der Waals surface area contributed by atoms with Crippen LogP contribution in [-0.2, 0) is 15.8 Å². The van der Waals surface area contributed by atoms with Crippen LogP contribution >= 0.6 is 11.6 Å². The third-order valence-electron chi connectivity index (χ3n) is 4.03. The first-order valence-electron chi connectivity index (χ1n) is 8.30. The summed E-state index contributed by atoms with van der Waals surface area (Å²) in [6.07, 6.45) is 1.75. The van der Waals surface area contributed by atoms with Gasteiger partial charge in [-0.3, -0.25) is 14.4 Å². The number of hydrogen-bond acceptors (Lipinski definition) is 7. The molecule has 0 aliphatic carbocycles. The van der Waals surface area contributed by atoms with Crippen LogP contribution in [0.2, 0.25) is 5.02 Å². The molecule has 2 aromatic carbocycles. The number of nitrogens with zero attached hydrogens (tertiary/aromatic N) is 1. The van der Waals surface area contributed by atoms with Gasteiger partial charge < -0.3 is 15.7 Å². The number of phenolic OH excluding ortho intramolecular Hbond substituents is 1. The minimum absolute atomic E-state index is 0.0103. The molecule has 0 fully saturated rings. The van der Waals surface area contributed by atoms with E-state index in [-0.39, 0.29) is 33.0 Å². The maximum absolute atomic E-state index is 12.4. The van der Waals surface area contributed by atoms with Crippen LogP contribution in [-0.4, -0.2) is 34.0 Å². The van der Waals surface area contributed by atoms with Gasteiger partial charge in [-0.1, -0.05) is 24.9 Å². The smallest absolute Gasteiger partial charge is 0.253 e. The van der Waals surface area contributed by atoms with Gasteiger partial charge in [0.05, 0.1) is 17.8 Å². The van der Waals surface area contributed by atoms with Crippen molar-refractivity contribution in [2.24, 2.45) is 0 Å². The lowest BCUT2D eigenvalue weighted by atomic mass is 10.1. The van der Waals surface area contributed by atoms with Crippen LogP contribution in [0.4, 0.5) is 17.1 Å². The highest BCUT2D eigenvalue weighted by atomic mass is 35.5. The van der Waals surface area contributed by atoms with E-state index >= 15 is 0 Å². The zero-order chi connectivity index (χ0) is 20.3. The third-order valence-corrected chi connectivity index (χ3v) is 5.84. The molecule has 0 radical (unpaired) electrons. The second kappa shape index (κ2) is 8.83. The predicted molar refractivity (Wildman–Crippen MR) is 107 cm³/mol. The quantitative estimate of drug-likeness (QED) is 0.328. The maximum Gasteiger partial charge on any atom is 0.253 e. The van der Waals surface area contributed by atoms with E-state index in [9.17, 15) is 18.9 Å². The maximum atomic E-state index is 12.4. The Morgan fingerprint density at radius 1 is 1.30 bits per heavy atom. The second-order valence-corrected chi connectivity index (χ2v) is 7.84. The molecule has 2 rings (SSSR count). The highest BCUT2D eigenvalue weighted by Gasteiger charge is 2.26. The first kappa shape index (κ1) is 21.4. The Kier molecular flexibility index (Phi) is 6.99. The van der Waals surface area contributed by atoms with E-state index in [4.69, 9.17) is 16.4 Å². The van der Waals surface area contributed by atoms with Crippen LogP contribution in [0.1, 0.15) is 26.7 Å². The van der Waals surface area contributed by atoms with E-state index in [1.807, 2.05) is 13.8 Å². The lowest BCUT2D eigenvalue weighted by molar-refractivity contribution is -0.0205. The van der Waals surface area contributed by atoms with Gasteiger partial charge in [0.25, 0.3) is 10.9 Å². The van der Waals surface area contributed by atoms with Crippen LogP contribution in [0.15, 0.2) is 26.6 Å². The van der Waals surface area contributed by atoms with Crippen molar-refractivity contribution < 1.29 is 14.2 Å². The van der Waals surface area contributed by atoms with Gasteiger partial charge in [0.2, 0.25) is 0 Å². The number of halogens is 1. The molecule has 0 aliphatic heterocycles. The fraction of sp³-hybridized carbons (Fsp3) is 0.412. The van der Waals surface area contributed by atoms with E-state index in [0.717, 1.165) is 17.3 Å². The van der Waals surface area contributed by atoms with Crippen LogP contribution in [0.5, 0.6) is 5.75 Å². The summed E-state index contributed by atoms with van der Waals surface area (Å²) >= 11 is 6.06. The van der Waals surface area contributed by atoms with E-state index in [1.165, 1.54) is 26.3 Å². The van der Waals surface area contributed by atoms with Gasteiger partial charge in [0.15, 0.2) is 16.7 Å². The molecule has 0 saturated heterocycles. The van der Waals surface area contributed by atoms with Crippen LogP contribution in [0.3, 0.4) is 0 Å². The number of rotatable bonds is 9. The largest absolute Gasteiger partial charge is 0.504 e. The summed E-state index contributed by atoms with van der Waals surface area (Å²) in [7, 11) is 0.849. The summed E-state index contributed by atoms with van der Waals surface area (Å²) in [6, 6.07) is 2.87. The minimum atomic E-state index is -1.89. The molecule has 0 saturated carbocycles. The minimum Gasteiger partial charge on any atom is -0.504 e. The van der Waals surface area contributed by atoms with Crippen molar-refractivity contribution in [3.05, 3.63) is 37.6 Å². The highest BCUT2D eigenvalue weighted by Crippen LogP contribution is 2.38. The Balaban J connectivity index is 2.37. The zero-order valence-electron chi connectivity index (χ0n) is 15.5. The van der Waals surface area contributed by atoms with Gasteiger partial charge in [-0.25, -0.2) is 4.21 Å². The topological polar surface area (TPSA) is 108 Å². The number of anilines is 3. The molecule has 8 nitrogen and oxygen atoms in total. The molecule has 10 heteroatoms. The zero-order valence-corrected chi connectivity index (χ0v) is 17.0. The number of benzene rings is 1. The summed E-state index contributed by atoms with van der Waals surface area (Å²) in [5.41, 5.74) is -0.973. The van der Waals surface area contributed by atoms with Crippen molar-refractivity contribution in [2.45, 2.75) is 37.6 Å². The standard InChI is InChI=1S/C17H22ClN3O5S/c1-5-6-9(2)19-12-13(16(24)15(12)23)20-11-8-7-10(18)17(14(11)22)27(25)21(3)26-4/h7-9,19-20,22H,5-6H2,1-4H3. The molecule has 2 unspecified atom stereocenters. The molecule has 148 valence electrons. The van der Waals surface area contributed by atoms with Crippen molar-refractivity contribution in [1.29, 1.82) is 0 Å². The Labute approximate surface area is 164 Å². The third kappa shape index (κ3) is 4.32. The van der Waals surface area contributed by atoms with Gasteiger partial charge in [-0.05, 0) is 25.5 Å². The van der Waals surface area contributed by atoms with Gasteiger partial charge >= 0.3 is 0 Å². The molecule has 0 amide bonds. The molecule has 2 aromatic rings. The molecular formula is C17H22ClN3O5S. The number of aromatic hydroxyl groups is 1. The Morgan fingerprint density at radius 3 is 2.52 bits per heavy atom. The molecule has 2 atom stereocenters. The molecule has 0 aromatic heterocycles. The SMILES string of the molecule is CCCC(C)Nc1c(Nc2ccc(Cl)c(S(=O)N(C)OC)c2O)c(=O)c1=O. The van der Waals surface area contributed by atoms with E-state index in [0.29, 0.717) is 0 Å². The van der Waals surface area contributed by atoms with Crippen molar-refractivity contribution in [3.63, 3.8) is 0 Å². The summed E-state index contributed by atoms with van der Waals surface area (Å²) < 4.78 is 13.4. The predicted octanol–water partition coefficient (Wildman–Crippen LogP) is 2.50. The van der Waals surface area contributed by atoms with Crippen molar-refractivity contribution in [1.82, 2.24) is 4.47 Å². The lowest BCUT2D eigenvalue weighted by Gasteiger charge is -2.20. The fourth-order valence-corrected chi connectivity index (χ4v) is 3.80. The molecule has 0 spiro atoms. The van der Waals surface area contributed by atoms with Gasteiger partial charge in [-0.2, -0.15) is 0 Å². The van der Waals surface area contributed by atoms with Gasteiger partial charge in [-0.15, -0.1) is 4.47 Å². The van der Waals surface area contributed by atoms with E-state index in [2.05, 4.69) is 10.6 Å². The van der Waals surface area contributed by atoms with E-state index < -0.39 is 27.6 Å². The van der Waals surface area contributed by atoms with E-state index in [1.54, 1.807) is 0 Å². The molecule has 3 N–H and O–H groups in total.